The molecule has 2 aliphatic carbocycles. The van der Waals surface area contributed by atoms with Crippen LogP contribution in [0.4, 0.5) is 11.6 Å². The van der Waals surface area contributed by atoms with E-state index in [1.807, 2.05) is 30.5 Å². The van der Waals surface area contributed by atoms with Gasteiger partial charge >= 0.3 is 0 Å². The molecule has 2 atom stereocenters. The van der Waals surface area contributed by atoms with E-state index >= 15 is 0 Å². The molecule has 1 aromatic carbocycles. The maximum atomic E-state index is 12.8. The second-order valence-corrected chi connectivity index (χ2v) is 9.44. The quantitative estimate of drug-likeness (QED) is 0.295. The van der Waals surface area contributed by atoms with E-state index in [2.05, 4.69) is 36.9 Å². The molecule has 3 heterocycles. The van der Waals surface area contributed by atoms with Gasteiger partial charge in [0.05, 0.1) is 12.2 Å². The van der Waals surface area contributed by atoms with Crippen LogP contribution in [0, 0.1) is 5.92 Å². The molecule has 3 aromatic heterocycles. The summed E-state index contributed by atoms with van der Waals surface area (Å²) in [6, 6.07) is 13.2. The van der Waals surface area contributed by atoms with Gasteiger partial charge in [0.2, 0.25) is 0 Å². The van der Waals surface area contributed by atoms with Gasteiger partial charge in [0, 0.05) is 29.4 Å². The molecule has 0 aliphatic heterocycles. The van der Waals surface area contributed by atoms with Gasteiger partial charge in [-0.2, -0.15) is 5.06 Å². The molecule has 2 fully saturated rings. The van der Waals surface area contributed by atoms with E-state index < -0.39 is 0 Å². The van der Waals surface area contributed by atoms with Crippen molar-refractivity contribution in [2.24, 2.45) is 5.92 Å². The standard InChI is InChI=1S/C25H23ClN6O2/c26-18-3-1-2-16(8-18)20-9-21(20)25(33)32(34)24-10-22(28-14-29-24)27-11-19-13-31-12-17(15-4-5-15)6-7-23(31)30-19/h1-3,6-8,10,12-15,20-21,34H,4-5,9,11H2,(H,27,28,29)/t20-,21+/m1/s1. The zero-order valence-corrected chi connectivity index (χ0v) is 19.1. The van der Waals surface area contributed by atoms with Crippen LogP contribution in [-0.2, 0) is 11.3 Å². The lowest BCUT2D eigenvalue weighted by Gasteiger charge is -2.14. The van der Waals surface area contributed by atoms with Crippen molar-refractivity contribution < 1.29 is 10.0 Å². The molecule has 8 nitrogen and oxygen atoms in total. The fourth-order valence-electron chi connectivity index (χ4n) is 4.39. The van der Waals surface area contributed by atoms with E-state index in [0.717, 1.165) is 16.9 Å². The summed E-state index contributed by atoms with van der Waals surface area (Å²) in [6.07, 6.45) is 8.66. The van der Waals surface area contributed by atoms with E-state index in [0.29, 0.717) is 34.8 Å². The molecule has 0 saturated heterocycles. The Morgan fingerprint density at radius 2 is 2.03 bits per heavy atom. The van der Waals surface area contributed by atoms with E-state index in [1.165, 1.54) is 24.7 Å². The van der Waals surface area contributed by atoms with Gasteiger partial charge in [-0.05, 0) is 60.4 Å². The van der Waals surface area contributed by atoms with Crippen LogP contribution in [-0.4, -0.2) is 30.5 Å². The smallest absolute Gasteiger partial charge is 0.255 e. The molecule has 6 rings (SSSR count). The van der Waals surface area contributed by atoms with Crippen LogP contribution in [0.3, 0.4) is 0 Å². The topological polar surface area (TPSA) is 95.7 Å². The number of imidazole rings is 1. The highest BCUT2D eigenvalue weighted by Gasteiger charge is 2.46. The number of carbonyl (C=O) groups is 1. The lowest BCUT2D eigenvalue weighted by atomic mass is 10.1. The van der Waals surface area contributed by atoms with Crippen molar-refractivity contribution in [2.45, 2.75) is 37.6 Å². The number of fused-ring (bicyclic) bond motifs is 1. The summed E-state index contributed by atoms with van der Waals surface area (Å²) in [5.41, 5.74) is 4.12. The third kappa shape index (κ3) is 4.22. The largest absolute Gasteiger partial charge is 0.364 e. The van der Waals surface area contributed by atoms with Crippen LogP contribution >= 0.6 is 11.6 Å². The van der Waals surface area contributed by atoms with Crippen molar-refractivity contribution in [2.75, 3.05) is 10.4 Å². The van der Waals surface area contributed by atoms with Gasteiger partial charge in [-0.3, -0.25) is 10.0 Å². The molecule has 2 aliphatic rings. The first-order chi connectivity index (χ1) is 16.5. The number of hydrogen-bond donors (Lipinski definition) is 2. The van der Waals surface area contributed by atoms with Crippen LogP contribution in [0.5, 0.6) is 0 Å². The number of halogens is 1. The zero-order chi connectivity index (χ0) is 23.2. The molecule has 9 heteroatoms. The first-order valence-corrected chi connectivity index (χ1v) is 11.7. The average molecular weight is 475 g/mol. The van der Waals surface area contributed by atoms with Crippen molar-refractivity contribution in [3.05, 3.63) is 83.0 Å². The Morgan fingerprint density at radius 3 is 2.85 bits per heavy atom. The normalized spacial score (nSPS) is 19.2. The summed E-state index contributed by atoms with van der Waals surface area (Å²) in [6.45, 7) is 0.454. The summed E-state index contributed by atoms with van der Waals surface area (Å²) in [4.78, 5) is 25.7. The number of nitrogens with one attached hydrogen (secondary N) is 1. The van der Waals surface area contributed by atoms with Crippen molar-refractivity contribution in [1.82, 2.24) is 19.4 Å². The average Bonchev–Trinajstić information content (AvgIpc) is 3.78. The van der Waals surface area contributed by atoms with Crippen LogP contribution in [0.25, 0.3) is 5.65 Å². The van der Waals surface area contributed by atoms with Crippen LogP contribution < -0.4 is 10.4 Å². The lowest BCUT2D eigenvalue weighted by Crippen LogP contribution is -2.29. The number of carbonyl (C=O) groups excluding carboxylic acids is 1. The van der Waals surface area contributed by atoms with Gasteiger partial charge in [0.1, 0.15) is 17.8 Å². The number of nitrogens with zero attached hydrogens (tertiary/aromatic N) is 5. The number of amides is 1. The SMILES string of the molecule is O=C([C@H]1C[C@@H]1c1cccc(Cl)c1)N(O)c1cc(NCc2cn3cc(C4CC4)ccc3n2)ncn1. The van der Waals surface area contributed by atoms with Gasteiger partial charge in [-0.15, -0.1) is 0 Å². The number of anilines is 2. The third-order valence-electron chi connectivity index (χ3n) is 6.49. The van der Waals surface area contributed by atoms with Gasteiger partial charge < -0.3 is 9.72 Å². The fraction of sp³-hybridized carbons (Fsp3) is 0.280. The Hall–Kier alpha value is -3.49. The molecular weight excluding hydrogens is 452 g/mol. The summed E-state index contributed by atoms with van der Waals surface area (Å²) in [7, 11) is 0. The van der Waals surface area contributed by atoms with Crippen LogP contribution in [0.15, 0.2) is 61.2 Å². The molecule has 4 aromatic rings. The molecule has 1 amide bonds. The van der Waals surface area contributed by atoms with Crippen molar-refractivity contribution in [3.63, 3.8) is 0 Å². The summed E-state index contributed by atoms with van der Waals surface area (Å²) in [5, 5.41) is 15.0. The molecule has 172 valence electrons. The first kappa shape index (κ1) is 21.1. The first-order valence-electron chi connectivity index (χ1n) is 11.4. The number of hydrogen-bond acceptors (Lipinski definition) is 6. The van der Waals surface area contributed by atoms with Crippen molar-refractivity contribution in [1.29, 1.82) is 0 Å². The molecule has 0 bridgehead atoms. The third-order valence-corrected chi connectivity index (χ3v) is 6.72. The number of hydroxylamine groups is 1. The maximum Gasteiger partial charge on any atom is 0.255 e. The molecule has 34 heavy (non-hydrogen) atoms. The minimum Gasteiger partial charge on any atom is -0.364 e. The summed E-state index contributed by atoms with van der Waals surface area (Å²) < 4.78 is 2.05. The van der Waals surface area contributed by atoms with E-state index in [1.54, 1.807) is 12.1 Å². The van der Waals surface area contributed by atoms with Crippen molar-refractivity contribution >= 4 is 34.8 Å². The monoisotopic (exact) mass is 474 g/mol. The van der Waals surface area contributed by atoms with E-state index in [-0.39, 0.29) is 23.6 Å². The lowest BCUT2D eigenvalue weighted by molar-refractivity contribution is -0.125. The fourth-order valence-corrected chi connectivity index (χ4v) is 4.59. The molecular formula is C25H23ClN6O2. The Labute approximate surface area is 201 Å². The predicted octanol–water partition coefficient (Wildman–Crippen LogP) is 4.79. The van der Waals surface area contributed by atoms with Gasteiger partial charge in [0.15, 0.2) is 5.82 Å². The van der Waals surface area contributed by atoms with Gasteiger partial charge in [0.25, 0.3) is 5.91 Å². The molecule has 2 N–H and O–H groups in total. The second kappa shape index (κ2) is 8.38. The zero-order valence-electron chi connectivity index (χ0n) is 18.3. The summed E-state index contributed by atoms with van der Waals surface area (Å²) in [5.74, 6) is 0.678. The molecule has 2 saturated carbocycles. The van der Waals surface area contributed by atoms with Gasteiger partial charge in [-0.25, -0.2) is 15.0 Å². The Balaban J connectivity index is 1.11. The van der Waals surface area contributed by atoms with Gasteiger partial charge in [-0.1, -0.05) is 29.8 Å². The number of aromatic nitrogens is 4. The number of pyridine rings is 1. The maximum absolute atomic E-state index is 12.8. The predicted molar refractivity (Wildman–Crippen MR) is 128 cm³/mol. The van der Waals surface area contributed by atoms with Crippen LogP contribution in [0.2, 0.25) is 5.02 Å². The Kier molecular flexibility index (Phi) is 5.19. The second-order valence-electron chi connectivity index (χ2n) is 9.00. The Bertz CT molecular complexity index is 1380. The highest BCUT2D eigenvalue weighted by molar-refractivity contribution is 6.30. The minimum atomic E-state index is -0.388. The van der Waals surface area contributed by atoms with Crippen LogP contribution in [0.1, 0.15) is 47.9 Å². The molecule has 0 spiro atoms. The Morgan fingerprint density at radius 1 is 1.15 bits per heavy atom. The highest BCUT2D eigenvalue weighted by Crippen LogP contribution is 2.49. The number of rotatable bonds is 7. The van der Waals surface area contributed by atoms with E-state index in [9.17, 15) is 10.0 Å². The summed E-state index contributed by atoms with van der Waals surface area (Å²) >= 11 is 6.06. The minimum absolute atomic E-state index is 0.0516. The molecule has 0 radical (unpaired) electrons. The highest BCUT2D eigenvalue weighted by atomic mass is 35.5. The molecule has 0 unspecified atom stereocenters. The number of benzene rings is 1. The van der Waals surface area contributed by atoms with Crippen molar-refractivity contribution in [3.8, 4) is 0 Å². The van der Waals surface area contributed by atoms with E-state index in [4.69, 9.17) is 11.6 Å².